The van der Waals surface area contributed by atoms with Crippen LogP contribution in [0, 0.1) is 55.4 Å². The van der Waals surface area contributed by atoms with Gasteiger partial charge in [-0.25, -0.2) is 71.2 Å². The molecule has 0 aliphatic heterocycles. The number of halogens is 6. The van der Waals surface area contributed by atoms with Crippen molar-refractivity contribution in [3.8, 4) is 0 Å². The van der Waals surface area contributed by atoms with E-state index >= 15 is 0 Å². The summed E-state index contributed by atoms with van der Waals surface area (Å²) in [7, 11) is 0. The summed E-state index contributed by atoms with van der Waals surface area (Å²) in [4.78, 5) is 136. The Morgan fingerprint density at radius 2 is 0.662 bits per heavy atom. The number of anilines is 15. The molecule has 51 heteroatoms. The zero-order valence-electron chi connectivity index (χ0n) is 75.5. The van der Waals surface area contributed by atoms with Crippen molar-refractivity contribution < 1.29 is 53.4 Å². The second-order valence-electron chi connectivity index (χ2n) is 27.6. The second-order valence-corrected chi connectivity index (χ2v) is 34.5. The fraction of sp³-hybridized carbons (Fsp3) is 0.306. The number of benzene rings is 4. The van der Waals surface area contributed by atoms with Crippen LogP contribution in [0.1, 0.15) is 117 Å². The molecule has 12 rings (SSSR count). The number of esters is 2. The van der Waals surface area contributed by atoms with Gasteiger partial charge in [-0.05, 0) is 116 Å². The molecule has 8 aromatic heterocycles. The third-order valence-corrected chi connectivity index (χ3v) is 22.4. The highest BCUT2D eigenvalue weighted by Crippen LogP contribution is 2.34. The Morgan fingerprint density at radius 1 is 0.375 bits per heavy atom. The normalized spacial score (nSPS) is 10.3. The van der Waals surface area contributed by atoms with E-state index in [1.165, 1.54) is 70.1 Å². The minimum Gasteiger partial charge on any atom is -0.466 e. The zero-order valence-corrected chi connectivity index (χ0v) is 84.1. The number of carbonyl (C=O) groups is 7. The summed E-state index contributed by atoms with van der Waals surface area (Å²) in [6.45, 7) is 24.8. The number of amides is 5. The molecule has 0 saturated carbocycles. The van der Waals surface area contributed by atoms with E-state index in [0.29, 0.717) is 249 Å². The molecule has 24 N–H and O–H groups in total. The van der Waals surface area contributed by atoms with Crippen LogP contribution in [-0.4, -0.2) is 196 Å². The molecule has 0 aliphatic carbocycles. The van der Waals surface area contributed by atoms with Gasteiger partial charge in [-0.3, -0.25) is 38.8 Å². The summed E-state index contributed by atoms with van der Waals surface area (Å²) in [5.74, 6) is 7.98. The highest BCUT2D eigenvalue weighted by atomic mass is 79.9. The number of nitrogens with two attached hydrogens (primary N) is 4. The van der Waals surface area contributed by atoms with Crippen LogP contribution in [0.5, 0.6) is 0 Å². The average Bonchev–Trinajstić information content (AvgIpc) is 1.75. The van der Waals surface area contributed by atoms with Crippen molar-refractivity contribution in [3.63, 3.8) is 0 Å². The Labute approximate surface area is 834 Å². The van der Waals surface area contributed by atoms with E-state index in [-0.39, 0.29) is 42.0 Å². The van der Waals surface area contributed by atoms with Gasteiger partial charge in [0, 0.05) is 101 Å². The number of aryl methyl sites for hydroxylation is 8. The van der Waals surface area contributed by atoms with Gasteiger partial charge in [-0.15, -0.1) is 0 Å². The van der Waals surface area contributed by atoms with Crippen molar-refractivity contribution in [1.82, 2.24) is 75.9 Å². The van der Waals surface area contributed by atoms with Crippen LogP contribution in [-0.2, 0) is 23.9 Å². The molecule has 0 atom stereocenters. The molecule has 0 bridgehead atoms. The monoisotopic (exact) mass is 2100 g/mol. The van der Waals surface area contributed by atoms with Crippen molar-refractivity contribution in [2.45, 2.75) is 88.5 Å². The van der Waals surface area contributed by atoms with Crippen LogP contribution in [0.3, 0.4) is 0 Å². The van der Waals surface area contributed by atoms with Crippen molar-refractivity contribution in [3.05, 3.63) is 212 Å². The third kappa shape index (κ3) is 40.6. The number of hydrogen-bond donors (Lipinski definition) is 20. The van der Waals surface area contributed by atoms with E-state index in [1.807, 2.05) is 76.2 Å². The Hall–Kier alpha value is -11.8. The van der Waals surface area contributed by atoms with E-state index in [4.69, 9.17) is 90.4 Å². The van der Waals surface area contributed by atoms with Gasteiger partial charge in [-0.2, -0.15) is 0 Å². The van der Waals surface area contributed by atoms with E-state index in [9.17, 15) is 33.6 Å². The standard InChI is InChI=1S/C23H28ClN7O3S.C21H25ClN8O3S.C18H20ClN7OS.C16H13Cl2N5OS.C5H9BrO2.C2H8N2.H3NO/c1-4-34-20(32)8-9-25-10-11-26-18-12-19(29-15(3)28-18)30-23-27-13-17(35-23)22(33)31-21-14(2)6-5-7-16(21)24;1-12-4-3-5-14(22)19(12)29-20(32)15-11-25-21(34-15)28-17-10-16(26-13(2)27-17)24-9-8-23-7-6-18(31)30-33;1-10-4-3-5-12(19)16(10)26-17(27)13-9-22-18(28-13)25-15-8-14(21-7-6-20)23-11(2)24-15;1-8-4-3-5-10(17)14(8)23-15(24)11-7-19-16(25-11)22-13-6-12(18)20-9(2)21-13;1-2-8-5(7)3-4-6;3-1-2-4;1-2/h5-7,12-13,25H,4,8-11H2,1-3H3,(H,31,33)(H2,26,27,28,29,30);3-5,10-11,23,33H,6-9H2,1-2H3,(H,29,32)(H,30,31)(H2,24,25,26,27,28);3-5,8-9H,6-7,20H2,1-2H3,(H,26,27)(H2,21,22,23,24,25);3-7H,1-2H3,(H,23,24)(H,19,20,21,22);2-4H2,1H3;1-4H2;2H,1H2. The van der Waals surface area contributed by atoms with Crippen LogP contribution in [0.15, 0.2) is 122 Å². The number of hydroxylamine groups is 1. The van der Waals surface area contributed by atoms with Crippen molar-refractivity contribution >= 4 is 245 Å². The van der Waals surface area contributed by atoms with Crippen molar-refractivity contribution in [1.29, 1.82) is 0 Å². The minimum absolute atomic E-state index is 0.135. The first kappa shape index (κ1) is 113. The molecule has 0 unspecified atom stereocenters. The lowest BCUT2D eigenvalue weighted by Gasteiger charge is -2.10. The first-order valence-electron chi connectivity index (χ1n) is 41.4. The molecule has 136 heavy (non-hydrogen) atoms. The molecule has 0 aliphatic rings. The molecular formula is C85H106BrCl5N30O11S4. The summed E-state index contributed by atoms with van der Waals surface area (Å²) in [5, 5.41) is 59.5. The molecule has 41 nitrogen and oxygen atoms in total. The van der Waals surface area contributed by atoms with Gasteiger partial charge in [-0.1, -0.05) is 168 Å². The van der Waals surface area contributed by atoms with Crippen molar-refractivity contribution in [2.75, 3.05) is 142 Å². The number of aromatic nitrogens is 12. The van der Waals surface area contributed by atoms with E-state index in [0.717, 1.165) is 22.3 Å². The second kappa shape index (κ2) is 61.3. The number of nitrogens with zero attached hydrogens (tertiary/aromatic N) is 12. The number of ether oxygens (including phenoxy) is 2. The molecule has 0 fully saturated rings. The van der Waals surface area contributed by atoms with Crippen LogP contribution >= 0.6 is 119 Å². The zero-order chi connectivity index (χ0) is 99.6. The fourth-order valence-corrected chi connectivity index (χ4v) is 15.3. The summed E-state index contributed by atoms with van der Waals surface area (Å²) >= 11 is 38.5. The van der Waals surface area contributed by atoms with Crippen molar-refractivity contribution in [2.24, 2.45) is 23.1 Å². The highest BCUT2D eigenvalue weighted by Gasteiger charge is 2.21. The highest BCUT2D eigenvalue weighted by molar-refractivity contribution is 9.09. The number of alkyl halides is 1. The predicted octanol–water partition coefficient (Wildman–Crippen LogP) is 15.2. The maximum absolute atomic E-state index is 12.7. The molecule has 0 spiro atoms. The van der Waals surface area contributed by atoms with Gasteiger partial charge in [0.2, 0.25) is 5.91 Å². The summed E-state index contributed by atoms with van der Waals surface area (Å²) in [6.07, 6.45) is 6.98. The number of hydrogen-bond acceptors (Lipinski definition) is 40. The molecule has 0 saturated heterocycles. The molecular weight excluding hydrogens is 2000 g/mol. The third-order valence-electron chi connectivity index (χ3n) is 16.9. The maximum atomic E-state index is 12.7. The summed E-state index contributed by atoms with van der Waals surface area (Å²) < 4.78 is 9.51. The van der Waals surface area contributed by atoms with Gasteiger partial charge >= 0.3 is 11.9 Å². The topological polar surface area (TPSA) is 606 Å². The molecule has 8 heterocycles. The number of para-hydroxylation sites is 4. The van der Waals surface area contributed by atoms with E-state index < -0.39 is 5.91 Å². The lowest BCUT2D eigenvalue weighted by atomic mass is 10.2. The number of rotatable bonds is 38. The maximum Gasteiger partial charge on any atom is 0.307 e. The SMILES string of the molecule is CCOC(=O)CCBr.CCOC(=O)CCNCCNc1cc(Nc2ncc(C(=O)Nc3c(C)cccc3Cl)s2)nc(C)n1.Cc1nc(Cl)cc(Nc2ncc(C(=O)Nc3c(C)cccc3Cl)s2)n1.Cc1nc(NCCN)cc(Nc2ncc(C(=O)Nc3c(C)cccc3Cl)s2)n1.Cc1nc(NCCNCCC(=O)NO)cc(Nc2ncc(C(=O)Nc3c(C)cccc3Cl)s2)n1.NCCN.NO. The fourth-order valence-electron chi connectivity index (χ4n) is 10.8. The lowest BCUT2D eigenvalue weighted by molar-refractivity contribution is -0.143. The van der Waals surface area contributed by atoms with Crippen LogP contribution in [0.2, 0.25) is 25.2 Å². The van der Waals surface area contributed by atoms with Gasteiger partial charge in [0.25, 0.3) is 23.6 Å². The van der Waals surface area contributed by atoms with Crippen LogP contribution in [0.25, 0.3) is 0 Å². The van der Waals surface area contributed by atoms with Gasteiger partial charge in [0.1, 0.15) is 88.7 Å². The Kier molecular flexibility index (Phi) is 50.9. The molecule has 5 amide bonds. The summed E-state index contributed by atoms with van der Waals surface area (Å²) in [5.41, 5.74) is 22.8. The Balaban J connectivity index is 0.000000267. The van der Waals surface area contributed by atoms with E-state index in [1.54, 1.807) is 95.6 Å². The quantitative estimate of drug-likeness (QED) is 0.00427. The lowest BCUT2D eigenvalue weighted by Crippen LogP contribution is -2.28. The molecule has 728 valence electrons. The number of thiazole rings is 4. The molecule has 0 radical (unpaired) electrons. The Bertz CT molecular complexity index is 5760. The van der Waals surface area contributed by atoms with Gasteiger partial charge < -0.3 is 101 Å². The smallest absolute Gasteiger partial charge is 0.307 e. The van der Waals surface area contributed by atoms with Crippen LogP contribution in [0.4, 0.5) is 84.0 Å². The first-order chi connectivity index (χ1) is 65.3. The van der Waals surface area contributed by atoms with Crippen LogP contribution < -0.4 is 97.7 Å². The minimum atomic E-state index is -0.440. The van der Waals surface area contributed by atoms with Gasteiger partial charge in [0.05, 0.1) is 93.7 Å². The largest absolute Gasteiger partial charge is 0.466 e. The molecule has 4 aromatic carbocycles. The summed E-state index contributed by atoms with van der Waals surface area (Å²) in [6, 6.07) is 28.6. The molecule has 12 aromatic rings. The predicted molar refractivity (Wildman–Crippen MR) is 545 cm³/mol. The number of nitrogens with one attached hydrogen (secondary N) is 14. The first-order valence-corrected chi connectivity index (χ1v) is 47.6. The number of carbonyl (C=O) groups excluding carboxylic acids is 7. The van der Waals surface area contributed by atoms with Gasteiger partial charge in [0.15, 0.2) is 20.5 Å². The Morgan fingerprint density at radius 3 is 0.941 bits per heavy atom. The average molecular weight is 2110 g/mol. The van der Waals surface area contributed by atoms with E-state index in [2.05, 4.69) is 155 Å².